The predicted octanol–water partition coefficient (Wildman–Crippen LogP) is 3.17. The molecule has 2 rings (SSSR count). The van der Waals surface area contributed by atoms with Crippen LogP contribution in [-0.4, -0.2) is 29.7 Å². The molecular formula is C19H27N3O3. The van der Waals surface area contributed by atoms with Crippen molar-refractivity contribution in [1.29, 1.82) is 0 Å². The number of imidazole rings is 1. The van der Waals surface area contributed by atoms with Crippen LogP contribution in [0, 0.1) is 13.8 Å². The molecule has 0 aliphatic rings. The molecule has 0 aliphatic carbocycles. The van der Waals surface area contributed by atoms with Gasteiger partial charge in [-0.25, -0.2) is 4.98 Å². The molecule has 1 amide bonds. The van der Waals surface area contributed by atoms with Crippen LogP contribution in [0.4, 0.5) is 0 Å². The van der Waals surface area contributed by atoms with Crippen LogP contribution in [0.15, 0.2) is 24.5 Å². The molecule has 2 aromatic rings. The molecule has 0 saturated carbocycles. The molecule has 136 valence electrons. The number of nitrogens with one attached hydrogen (secondary N) is 1. The zero-order valence-corrected chi connectivity index (χ0v) is 15.6. The van der Waals surface area contributed by atoms with Crippen LogP contribution in [0.1, 0.15) is 42.8 Å². The predicted molar refractivity (Wildman–Crippen MR) is 97.0 cm³/mol. The van der Waals surface area contributed by atoms with E-state index in [-0.39, 0.29) is 11.9 Å². The minimum absolute atomic E-state index is 0.0412. The Balaban J connectivity index is 1.93. The maximum absolute atomic E-state index is 12.2. The van der Waals surface area contributed by atoms with Gasteiger partial charge in [-0.15, -0.1) is 0 Å². The molecule has 0 saturated heterocycles. The van der Waals surface area contributed by atoms with E-state index >= 15 is 0 Å². The number of aryl methyl sites for hydroxylation is 3. The van der Waals surface area contributed by atoms with Gasteiger partial charge in [-0.2, -0.15) is 0 Å². The van der Waals surface area contributed by atoms with Crippen LogP contribution in [0.2, 0.25) is 0 Å². The summed E-state index contributed by atoms with van der Waals surface area (Å²) in [5.74, 6) is 2.37. The highest BCUT2D eigenvalue weighted by Gasteiger charge is 2.15. The lowest BCUT2D eigenvalue weighted by Crippen LogP contribution is -2.27. The third-order valence-corrected chi connectivity index (χ3v) is 4.34. The van der Waals surface area contributed by atoms with Crippen molar-refractivity contribution in [1.82, 2.24) is 14.9 Å². The fraction of sp³-hybridized carbons (Fsp3) is 0.474. The van der Waals surface area contributed by atoms with Crippen LogP contribution in [0.5, 0.6) is 11.5 Å². The van der Waals surface area contributed by atoms with E-state index in [9.17, 15) is 4.79 Å². The summed E-state index contributed by atoms with van der Waals surface area (Å²) in [5.41, 5.74) is 2.08. The molecule has 1 N–H and O–H groups in total. The third-order valence-electron chi connectivity index (χ3n) is 4.34. The van der Waals surface area contributed by atoms with Gasteiger partial charge in [0.25, 0.3) is 0 Å². The number of amides is 1. The second-order valence-corrected chi connectivity index (χ2v) is 6.12. The van der Waals surface area contributed by atoms with E-state index in [1.807, 2.05) is 39.1 Å². The topological polar surface area (TPSA) is 65.4 Å². The van der Waals surface area contributed by atoms with E-state index in [2.05, 4.69) is 14.9 Å². The molecule has 0 spiro atoms. The summed E-state index contributed by atoms with van der Waals surface area (Å²) in [6, 6.07) is 3.76. The summed E-state index contributed by atoms with van der Waals surface area (Å²) < 4.78 is 12.7. The minimum atomic E-state index is -0.0951. The number of benzene rings is 1. The number of aromatic nitrogens is 2. The lowest BCUT2D eigenvalue weighted by atomic mass is 10.0. The Kier molecular flexibility index (Phi) is 6.44. The van der Waals surface area contributed by atoms with Crippen LogP contribution in [0.25, 0.3) is 0 Å². The molecule has 6 heteroatoms. The molecule has 6 nitrogen and oxygen atoms in total. The number of carbonyl (C=O) groups is 1. The largest absolute Gasteiger partial charge is 0.493 e. The molecule has 1 aromatic carbocycles. The maximum Gasteiger partial charge on any atom is 0.220 e. The van der Waals surface area contributed by atoms with Gasteiger partial charge in [0, 0.05) is 25.4 Å². The highest BCUT2D eigenvalue weighted by molar-refractivity contribution is 5.76. The number of methoxy groups -OCH3 is 2. The molecule has 1 heterocycles. The van der Waals surface area contributed by atoms with Gasteiger partial charge in [-0.05, 0) is 50.5 Å². The summed E-state index contributed by atoms with van der Waals surface area (Å²) in [6.45, 7) is 6.74. The second kappa shape index (κ2) is 8.55. The summed E-state index contributed by atoms with van der Waals surface area (Å²) in [7, 11) is 3.22. The molecule has 1 atom stereocenters. The van der Waals surface area contributed by atoms with E-state index < -0.39 is 0 Å². The van der Waals surface area contributed by atoms with Gasteiger partial charge >= 0.3 is 0 Å². The van der Waals surface area contributed by atoms with Gasteiger partial charge < -0.3 is 19.4 Å². The average molecular weight is 345 g/mol. The van der Waals surface area contributed by atoms with E-state index in [0.29, 0.717) is 17.9 Å². The van der Waals surface area contributed by atoms with Gasteiger partial charge in [0.05, 0.1) is 20.3 Å². The molecule has 1 aromatic heterocycles. The van der Waals surface area contributed by atoms with Crippen molar-refractivity contribution in [2.45, 2.75) is 46.2 Å². The van der Waals surface area contributed by atoms with Crippen molar-refractivity contribution in [3.05, 3.63) is 41.5 Å². The minimum Gasteiger partial charge on any atom is -0.493 e. The number of hydrogen-bond donors (Lipinski definition) is 1. The first-order valence-electron chi connectivity index (χ1n) is 8.45. The Hall–Kier alpha value is -2.50. The monoisotopic (exact) mass is 345 g/mol. The second-order valence-electron chi connectivity index (χ2n) is 6.12. The Labute approximate surface area is 149 Å². The fourth-order valence-corrected chi connectivity index (χ4v) is 2.90. The third kappa shape index (κ3) is 4.75. The summed E-state index contributed by atoms with van der Waals surface area (Å²) >= 11 is 0. The van der Waals surface area contributed by atoms with Gasteiger partial charge in [-0.1, -0.05) is 0 Å². The zero-order chi connectivity index (χ0) is 18.4. The Morgan fingerprint density at radius 3 is 2.52 bits per heavy atom. The highest BCUT2D eigenvalue weighted by Crippen LogP contribution is 2.32. The number of nitrogens with zero attached hydrogens (tertiary/aromatic N) is 2. The van der Waals surface area contributed by atoms with E-state index in [1.54, 1.807) is 20.4 Å². The summed E-state index contributed by atoms with van der Waals surface area (Å²) in [6.07, 6.45) is 4.97. The molecule has 1 unspecified atom stereocenters. The van der Waals surface area contributed by atoms with Gasteiger partial charge in [-0.3, -0.25) is 4.79 Å². The molecule has 0 radical (unpaired) electrons. The van der Waals surface area contributed by atoms with Crippen LogP contribution in [-0.2, 0) is 11.3 Å². The fourth-order valence-electron chi connectivity index (χ4n) is 2.90. The smallest absolute Gasteiger partial charge is 0.220 e. The van der Waals surface area contributed by atoms with Crippen molar-refractivity contribution in [2.24, 2.45) is 0 Å². The number of carbonyl (C=O) groups excluding carboxylic acids is 1. The molecule has 0 aliphatic heterocycles. The average Bonchev–Trinajstić information content (AvgIpc) is 2.99. The lowest BCUT2D eigenvalue weighted by molar-refractivity contribution is -0.121. The first kappa shape index (κ1) is 18.8. The molecule has 0 fully saturated rings. The van der Waals surface area contributed by atoms with E-state index in [0.717, 1.165) is 29.9 Å². The normalized spacial score (nSPS) is 11.9. The van der Waals surface area contributed by atoms with Crippen LogP contribution < -0.4 is 14.8 Å². The number of ether oxygens (including phenoxy) is 2. The van der Waals surface area contributed by atoms with E-state index in [1.165, 1.54) is 0 Å². The maximum atomic E-state index is 12.2. The highest BCUT2D eigenvalue weighted by atomic mass is 16.5. The Morgan fingerprint density at radius 1 is 1.24 bits per heavy atom. The molecule has 0 bridgehead atoms. The Morgan fingerprint density at radius 2 is 1.92 bits per heavy atom. The van der Waals surface area contributed by atoms with Gasteiger partial charge in [0.15, 0.2) is 11.5 Å². The summed E-state index contributed by atoms with van der Waals surface area (Å²) in [4.78, 5) is 16.4. The van der Waals surface area contributed by atoms with Crippen molar-refractivity contribution >= 4 is 5.91 Å². The summed E-state index contributed by atoms with van der Waals surface area (Å²) in [5, 5.41) is 3.06. The standard InChI is InChI=1S/C19H27N3O3/c1-13-11-17(24-4)18(25-5)12-16(13)14(2)21-19(23)7-6-9-22-10-8-20-15(22)3/h8,10-12,14H,6-7,9H2,1-5H3,(H,21,23). The van der Waals surface area contributed by atoms with Crippen LogP contribution >= 0.6 is 0 Å². The van der Waals surface area contributed by atoms with Crippen molar-refractivity contribution in [3.63, 3.8) is 0 Å². The first-order chi connectivity index (χ1) is 12.0. The number of rotatable bonds is 8. The quantitative estimate of drug-likeness (QED) is 0.798. The van der Waals surface area contributed by atoms with Crippen LogP contribution in [0.3, 0.4) is 0 Å². The lowest BCUT2D eigenvalue weighted by Gasteiger charge is -2.19. The van der Waals surface area contributed by atoms with Crippen molar-refractivity contribution in [3.8, 4) is 11.5 Å². The van der Waals surface area contributed by atoms with Gasteiger partial charge in [0.2, 0.25) is 5.91 Å². The SMILES string of the molecule is COc1cc(C)c(C(C)NC(=O)CCCn2ccnc2C)cc1OC. The molecule has 25 heavy (non-hydrogen) atoms. The molecular weight excluding hydrogens is 318 g/mol. The van der Waals surface area contributed by atoms with Crippen molar-refractivity contribution < 1.29 is 14.3 Å². The van der Waals surface area contributed by atoms with Crippen molar-refractivity contribution in [2.75, 3.05) is 14.2 Å². The number of hydrogen-bond acceptors (Lipinski definition) is 4. The van der Waals surface area contributed by atoms with Gasteiger partial charge in [0.1, 0.15) is 5.82 Å². The Bertz CT molecular complexity index is 725. The zero-order valence-electron chi connectivity index (χ0n) is 15.6. The van der Waals surface area contributed by atoms with E-state index in [4.69, 9.17) is 9.47 Å². The first-order valence-corrected chi connectivity index (χ1v) is 8.45.